The number of aliphatic hydroxyl groups excluding tert-OH is 1. The molecular formula is C29H36F3NO10. The van der Waals surface area contributed by atoms with E-state index in [9.17, 15) is 47.7 Å². The Bertz CT molecular complexity index is 1290. The van der Waals surface area contributed by atoms with Crippen molar-refractivity contribution in [2.75, 3.05) is 19.8 Å². The highest BCUT2D eigenvalue weighted by Crippen LogP contribution is 2.39. The van der Waals surface area contributed by atoms with Crippen molar-refractivity contribution in [2.45, 2.75) is 59.1 Å². The number of ether oxygens (including phenoxy) is 2. The first kappa shape index (κ1) is 35.1. The Labute approximate surface area is 245 Å². The molecule has 1 aromatic heterocycles. The molecule has 3 atom stereocenters. The number of unbranched alkanes of at least 4 members (excludes halogenated alkanes) is 1. The lowest BCUT2D eigenvalue weighted by Crippen LogP contribution is -2.30. The molecule has 2 aromatic rings. The van der Waals surface area contributed by atoms with Crippen molar-refractivity contribution < 1.29 is 62.2 Å². The van der Waals surface area contributed by atoms with Crippen LogP contribution < -0.4 is 0 Å². The second-order valence-corrected chi connectivity index (χ2v) is 10.2. The number of nitrogens with zero attached hydrogens (tertiary/aromatic N) is 1. The summed E-state index contributed by atoms with van der Waals surface area (Å²) < 4.78 is 49.7. The summed E-state index contributed by atoms with van der Waals surface area (Å²) in [5.41, 5.74) is -0.495. The zero-order chi connectivity index (χ0) is 32.5. The predicted molar refractivity (Wildman–Crippen MR) is 145 cm³/mol. The van der Waals surface area contributed by atoms with E-state index in [1.807, 2.05) is 6.92 Å². The van der Waals surface area contributed by atoms with Crippen LogP contribution in [0.4, 0.5) is 13.2 Å². The second-order valence-electron chi connectivity index (χ2n) is 10.2. The molecule has 0 bridgehead atoms. The van der Waals surface area contributed by atoms with Crippen LogP contribution in [0.25, 0.3) is 5.69 Å². The van der Waals surface area contributed by atoms with Crippen molar-refractivity contribution in [3.05, 3.63) is 41.0 Å². The van der Waals surface area contributed by atoms with Gasteiger partial charge in [0, 0.05) is 16.7 Å². The van der Waals surface area contributed by atoms with Gasteiger partial charge in [0.25, 0.3) is 5.78 Å². The standard InChI is InChI=1S/C29H36F3NO10/c1-4-5-11-42-27(40)19(13-16(2)26(38)39)14-20(28(41)43-12-10-34)15-22-17(3)24(36)33(25(22)37)21-8-6-18(7-9-21)23(35)29(30,31)32/h6-9,16,19-20,34,36-37H,4-5,10-15H2,1-3H3,(H,38,39). The molecule has 0 aliphatic heterocycles. The summed E-state index contributed by atoms with van der Waals surface area (Å²) in [7, 11) is 0. The minimum atomic E-state index is -5.09. The van der Waals surface area contributed by atoms with Crippen LogP contribution in [0.5, 0.6) is 11.8 Å². The molecule has 238 valence electrons. The summed E-state index contributed by atoms with van der Waals surface area (Å²) in [6.45, 7) is 3.93. The molecule has 2 rings (SSSR count). The lowest BCUT2D eigenvalue weighted by molar-refractivity contribution is -0.154. The van der Waals surface area contributed by atoms with Crippen molar-refractivity contribution in [1.29, 1.82) is 0 Å². The summed E-state index contributed by atoms with van der Waals surface area (Å²) in [6, 6.07) is 3.94. The van der Waals surface area contributed by atoms with Gasteiger partial charge < -0.3 is 29.9 Å². The SMILES string of the molecule is CCCCOC(=O)C(CC(C)C(=O)O)CC(Cc1c(C)c(O)n(-c2ccc(C(=O)C(F)(F)F)cc2)c1O)C(=O)OCCO. The molecule has 0 amide bonds. The monoisotopic (exact) mass is 615 g/mol. The zero-order valence-electron chi connectivity index (χ0n) is 24.0. The molecule has 11 nitrogen and oxygen atoms in total. The third kappa shape index (κ3) is 9.21. The third-order valence-corrected chi connectivity index (χ3v) is 6.95. The number of aromatic nitrogens is 1. The molecule has 0 fully saturated rings. The van der Waals surface area contributed by atoms with Crippen LogP contribution in [-0.4, -0.2) is 74.7 Å². The molecule has 0 aliphatic carbocycles. The van der Waals surface area contributed by atoms with Crippen LogP contribution in [0.15, 0.2) is 24.3 Å². The van der Waals surface area contributed by atoms with Gasteiger partial charge in [-0.3, -0.25) is 23.7 Å². The maximum Gasteiger partial charge on any atom is 0.454 e. The maximum atomic E-state index is 13.0. The van der Waals surface area contributed by atoms with Crippen molar-refractivity contribution in [3.63, 3.8) is 0 Å². The number of alkyl halides is 3. The van der Waals surface area contributed by atoms with E-state index in [1.165, 1.54) is 13.8 Å². The summed E-state index contributed by atoms with van der Waals surface area (Å²) in [5, 5.41) is 40.4. The van der Waals surface area contributed by atoms with Crippen molar-refractivity contribution in [1.82, 2.24) is 4.57 Å². The minimum Gasteiger partial charge on any atom is -0.494 e. The number of carbonyl (C=O) groups is 4. The average molecular weight is 616 g/mol. The molecule has 14 heteroatoms. The number of carboxylic acids is 1. The Morgan fingerprint density at radius 1 is 0.930 bits per heavy atom. The van der Waals surface area contributed by atoms with Crippen molar-refractivity contribution in [3.8, 4) is 17.4 Å². The highest BCUT2D eigenvalue weighted by Gasteiger charge is 2.39. The Morgan fingerprint density at radius 2 is 1.51 bits per heavy atom. The number of aliphatic hydroxyl groups is 1. The van der Waals surface area contributed by atoms with E-state index in [1.54, 1.807) is 0 Å². The van der Waals surface area contributed by atoms with Crippen LogP contribution in [0.2, 0.25) is 0 Å². The molecule has 0 spiro atoms. The van der Waals surface area contributed by atoms with Crippen molar-refractivity contribution in [2.24, 2.45) is 17.8 Å². The fourth-order valence-electron chi connectivity index (χ4n) is 4.49. The Hall–Kier alpha value is -4.07. The molecule has 1 aromatic carbocycles. The molecule has 0 aliphatic rings. The van der Waals surface area contributed by atoms with Gasteiger partial charge in [-0.05, 0) is 56.9 Å². The highest BCUT2D eigenvalue weighted by atomic mass is 19.4. The smallest absolute Gasteiger partial charge is 0.454 e. The number of carboxylic acid groups (broad SMARTS) is 1. The summed E-state index contributed by atoms with van der Waals surface area (Å²) >= 11 is 0. The van der Waals surface area contributed by atoms with Gasteiger partial charge in [-0.2, -0.15) is 13.2 Å². The van der Waals surface area contributed by atoms with Gasteiger partial charge in [0.15, 0.2) is 0 Å². The molecule has 0 saturated heterocycles. The van der Waals surface area contributed by atoms with Gasteiger partial charge in [0.1, 0.15) is 6.61 Å². The van der Waals surface area contributed by atoms with E-state index < -0.39 is 71.6 Å². The number of halogens is 3. The summed E-state index contributed by atoms with van der Waals surface area (Å²) in [5.74, 6) is -9.04. The lowest BCUT2D eigenvalue weighted by Gasteiger charge is -2.23. The molecule has 0 radical (unpaired) electrons. The van der Waals surface area contributed by atoms with Crippen LogP contribution in [0, 0.1) is 24.7 Å². The van der Waals surface area contributed by atoms with E-state index in [0.717, 1.165) is 35.3 Å². The average Bonchev–Trinajstić information content (AvgIpc) is 3.16. The largest absolute Gasteiger partial charge is 0.494 e. The zero-order valence-corrected chi connectivity index (χ0v) is 24.0. The van der Waals surface area contributed by atoms with E-state index in [-0.39, 0.29) is 49.3 Å². The third-order valence-electron chi connectivity index (χ3n) is 6.95. The summed E-state index contributed by atoms with van der Waals surface area (Å²) in [4.78, 5) is 49.0. The molecule has 4 N–H and O–H groups in total. The molecule has 0 saturated carbocycles. The first-order valence-corrected chi connectivity index (χ1v) is 13.6. The molecular weight excluding hydrogens is 579 g/mol. The fraction of sp³-hybridized carbons (Fsp3) is 0.517. The first-order valence-electron chi connectivity index (χ1n) is 13.6. The van der Waals surface area contributed by atoms with Crippen molar-refractivity contribution >= 4 is 23.7 Å². The van der Waals surface area contributed by atoms with Crippen LogP contribution in [0.1, 0.15) is 61.0 Å². The maximum absolute atomic E-state index is 13.0. The number of benzene rings is 1. The van der Waals surface area contributed by atoms with Crippen LogP contribution in [-0.2, 0) is 30.3 Å². The number of aromatic hydroxyl groups is 2. The first-order chi connectivity index (χ1) is 20.1. The topological polar surface area (TPSA) is 173 Å². The van der Waals surface area contributed by atoms with Gasteiger partial charge in [-0.15, -0.1) is 0 Å². The number of hydrogen-bond donors (Lipinski definition) is 4. The number of carbonyl (C=O) groups excluding carboxylic acids is 3. The second kappa shape index (κ2) is 15.4. The van der Waals surface area contributed by atoms with Gasteiger partial charge >= 0.3 is 24.1 Å². The van der Waals surface area contributed by atoms with E-state index in [2.05, 4.69) is 0 Å². The Kier molecular flexibility index (Phi) is 12.6. The Morgan fingerprint density at radius 3 is 2.05 bits per heavy atom. The Balaban J connectivity index is 2.47. The van der Waals surface area contributed by atoms with Gasteiger partial charge in [0.05, 0.1) is 36.7 Å². The normalized spacial score (nSPS) is 13.7. The van der Waals surface area contributed by atoms with Crippen LogP contribution in [0.3, 0.4) is 0 Å². The summed E-state index contributed by atoms with van der Waals surface area (Å²) in [6.07, 6.45) is -4.49. The predicted octanol–water partition coefficient (Wildman–Crippen LogP) is 4.10. The van der Waals surface area contributed by atoms with Gasteiger partial charge in [-0.25, -0.2) is 0 Å². The highest BCUT2D eigenvalue weighted by molar-refractivity contribution is 6.00. The number of ketones is 1. The number of esters is 2. The number of aliphatic carboxylic acids is 1. The number of hydrogen-bond acceptors (Lipinski definition) is 9. The molecule has 1 heterocycles. The van der Waals surface area contributed by atoms with E-state index >= 15 is 0 Å². The van der Waals surface area contributed by atoms with Gasteiger partial charge in [0.2, 0.25) is 11.8 Å². The quantitative estimate of drug-likeness (QED) is 0.122. The van der Waals surface area contributed by atoms with E-state index in [4.69, 9.17) is 14.6 Å². The van der Waals surface area contributed by atoms with Crippen LogP contribution >= 0.6 is 0 Å². The van der Waals surface area contributed by atoms with E-state index in [0.29, 0.717) is 6.42 Å². The molecule has 43 heavy (non-hydrogen) atoms. The molecule has 3 unspecified atom stereocenters. The van der Waals surface area contributed by atoms with Gasteiger partial charge in [-0.1, -0.05) is 20.3 Å². The number of Topliss-reactive ketones (excluding diaryl/α,β-unsaturated/α-hetero) is 1. The minimum absolute atomic E-state index is 0.00939. The fourth-order valence-corrected chi connectivity index (χ4v) is 4.49. The lowest BCUT2D eigenvalue weighted by atomic mass is 9.84. The number of rotatable bonds is 16.